The summed E-state index contributed by atoms with van der Waals surface area (Å²) < 4.78 is 0. The van der Waals surface area contributed by atoms with Crippen molar-refractivity contribution < 1.29 is 25.2 Å². The number of allylic oxidation sites excluding steroid dienone is 10. The first-order chi connectivity index (χ1) is 16.4. The molecule has 1 unspecified atom stereocenters. The molecule has 6 heteroatoms. The number of aliphatic carboxylic acids is 1. The maximum atomic E-state index is 10.9. The number of aliphatic hydroxyl groups is 3. The van der Waals surface area contributed by atoms with E-state index in [4.69, 9.17) is 26.2 Å². The van der Waals surface area contributed by atoms with Gasteiger partial charge in [0.2, 0.25) is 0 Å². The normalized spacial score (nSPS) is 13.5. The predicted molar refractivity (Wildman–Crippen MR) is 143 cm³/mol. The van der Waals surface area contributed by atoms with E-state index in [1.165, 1.54) is 0 Å². The lowest BCUT2D eigenvalue weighted by Gasteiger charge is -2.20. The number of carbonyl (C=O) groups is 1. The highest BCUT2D eigenvalue weighted by Crippen LogP contribution is 2.13. The fourth-order valence-electron chi connectivity index (χ4n) is 2.67. The summed E-state index contributed by atoms with van der Waals surface area (Å²) in [6.45, 7) is 2.89. The summed E-state index contributed by atoms with van der Waals surface area (Å²) in [6.07, 6.45) is 31.8. The van der Waals surface area contributed by atoms with Crippen molar-refractivity contribution >= 4 is 5.97 Å². The Balaban J connectivity index is 0. The minimum absolute atomic E-state index is 0.164. The maximum Gasteiger partial charge on any atom is 0.306 e. The van der Waals surface area contributed by atoms with E-state index in [0.717, 1.165) is 64.2 Å². The summed E-state index contributed by atoms with van der Waals surface area (Å²) in [6, 6.07) is 0. The molecule has 0 aromatic rings. The van der Waals surface area contributed by atoms with Crippen LogP contribution in [-0.4, -0.2) is 51.8 Å². The number of carboxylic acids is 1. The Labute approximate surface area is 207 Å². The Morgan fingerprint density at radius 2 is 1.15 bits per heavy atom. The molecule has 0 radical (unpaired) electrons. The Bertz CT molecular complexity index is 596. The van der Waals surface area contributed by atoms with Gasteiger partial charge in [-0.1, -0.05) is 81.0 Å². The second-order valence-corrected chi connectivity index (χ2v) is 8.27. The second-order valence-electron chi connectivity index (χ2n) is 8.27. The van der Waals surface area contributed by atoms with E-state index in [1.54, 1.807) is 0 Å². The molecule has 0 saturated carbocycles. The molecule has 0 aromatic heterocycles. The van der Waals surface area contributed by atoms with Crippen LogP contribution in [0.4, 0.5) is 0 Å². The lowest BCUT2D eigenvalue weighted by Crippen LogP contribution is -2.50. The highest BCUT2D eigenvalue weighted by Gasteiger charge is 2.20. The molecule has 1 atom stereocenters. The van der Waals surface area contributed by atoms with Crippen LogP contribution in [0.2, 0.25) is 0 Å². The van der Waals surface area contributed by atoms with Crippen LogP contribution in [0.25, 0.3) is 0 Å². The van der Waals surface area contributed by atoms with Crippen LogP contribution in [0.3, 0.4) is 0 Å². The van der Waals surface area contributed by atoms with Gasteiger partial charge in [0, 0.05) is 0 Å². The van der Waals surface area contributed by atoms with Gasteiger partial charge in [-0.05, 0) is 57.8 Å². The molecule has 0 heterocycles. The standard InChI is InChI=1S/C24H38O2.C4H11NO3/c1-3-5-6-7-8-9-10-11-12-13-14-15-16-17-18-19-20-21-22-23(4-2)24(25)26;5-4(1-6,2-7)3-8/h5-6,8-9,11-12,14-15,17-18,23H,3-4,7,10,13,16,19-22H2,1-2H3,(H,25,26);6-8H,1-3,5H2/b6-5-,9-8-,12-11-,15-14-,18-17-;. The molecule has 0 bridgehead atoms. The van der Waals surface area contributed by atoms with E-state index in [0.29, 0.717) is 0 Å². The monoisotopic (exact) mass is 479 g/mol. The van der Waals surface area contributed by atoms with Crippen molar-refractivity contribution in [1.29, 1.82) is 0 Å². The first-order valence-corrected chi connectivity index (χ1v) is 12.5. The molecule has 0 fully saturated rings. The van der Waals surface area contributed by atoms with Gasteiger partial charge in [0.15, 0.2) is 0 Å². The fraction of sp³-hybridized carbons (Fsp3) is 0.607. The summed E-state index contributed by atoms with van der Waals surface area (Å²) >= 11 is 0. The number of unbranched alkanes of at least 4 members (excludes halogenated alkanes) is 2. The number of rotatable bonds is 19. The van der Waals surface area contributed by atoms with E-state index >= 15 is 0 Å². The summed E-state index contributed by atoms with van der Waals surface area (Å²) in [5.74, 6) is -0.814. The van der Waals surface area contributed by atoms with E-state index in [9.17, 15) is 4.79 Å². The highest BCUT2D eigenvalue weighted by molar-refractivity contribution is 5.69. The zero-order valence-electron chi connectivity index (χ0n) is 21.3. The molecule has 0 aliphatic rings. The third-order valence-corrected chi connectivity index (χ3v) is 5.12. The minimum Gasteiger partial charge on any atom is -0.481 e. The van der Waals surface area contributed by atoms with Crippen LogP contribution < -0.4 is 5.73 Å². The SMILES string of the molecule is CC/C=C\C/C=C\C/C=C\C/C=C\C/C=C\CCCCC(CC)C(=O)O.NC(CO)(CO)CO. The van der Waals surface area contributed by atoms with Crippen molar-refractivity contribution in [2.24, 2.45) is 11.7 Å². The second kappa shape index (κ2) is 25.6. The zero-order valence-corrected chi connectivity index (χ0v) is 21.3. The number of carboxylic acid groups (broad SMARTS) is 1. The van der Waals surface area contributed by atoms with Crippen molar-refractivity contribution in [3.05, 3.63) is 60.8 Å². The largest absolute Gasteiger partial charge is 0.481 e. The lowest BCUT2D eigenvalue weighted by atomic mass is 9.99. The van der Waals surface area contributed by atoms with Crippen LogP contribution in [0.1, 0.15) is 78.1 Å². The Morgan fingerprint density at radius 3 is 1.47 bits per heavy atom. The average Bonchev–Trinajstić information content (AvgIpc) is 2.85. The summed E-state index contributed by atoms with van der Waals surface area (Å²) in [4.78, 5) is 10.9. The number of nitrogens with two attached hydrogens (primary N) is 1. The first-order valence-electron chi connectivity index (χ1n) is 12.5. The van der Waals surface area contributed by atoms with Gasteiger partial charge in [-0.3, -0.25) is 4.79 Å². The van der Waals surface area contributed by atoms with Gasteiger partial charge in [-0.15, -0.1) is 0 Å². The van der Waals surface area contributed by atoms with Gasteiger partial charge < -0.3 is 26.2 Å². The van der Waals surface area contributed by atoms with Crippen LogP contribution >= 0.6 is 0 Å². The van der Waals surface area contributed by atoms with Crippen molar-refractivity contribution in [1.82, 2.24) is 0 Å². The van der Waals surface area contributed by atoms with Crippen molar-refractivity contribution in [2.45, 2.75) is 83.6 Å². The Morgan fingerprint density at radius 1 is 0.735 bits per heavy atom. The fourth-order valence-corrected chi connectivity index (χ4v) is 2.67. The molecule has 6 nitrogen and oxygen atoms in total. The van der Waals surface area contributed by atoms with E-state index in [-0.39, 0.29) is 5.92 Å². The molecule has 0 rings (SSSR count). The van der Waals surface area contributed by atoms with Crippen LogP contribution in [-0.2, 0) is 4.79 Å². The van der Waals surface area contributed by atoms with Crippen molar-refractivity contribution in [3.8, 4) is 0 Å². The first kappa shape index (κ1) is 34.2. The van der Waals surface area contributed by atoms with Gasteiger partial charge in [0.05, 0.1) is 31.3 Å². The summed E-state index contributed by atoms with van der Waals surface area (Å²) in [5, 5.41) is 34.0. The molecule has 0 spiro atoms. The third kappa shape index (κ3) is 23.2. The summed E-state index contributed by atoms with van der Waals surface area (Å²) in [7, 11) is 0. The van der Waals surface area contributed by atoms with E-state index in [1.807, 2.05) is 6.92 Å². The average molecular weight is 480 g/mol. The van der Waals surface area contributed by atoms with Crippen LogP contribution in [0, 0.1) is 5.92 Å². The maximum absolute atomic E-state index is 10.9. The minimum atomic E-state index is -1.21. The van der Waals surface area contributed by atoms with Gasteiger partial charge in [-0.2, -0.15) is 0 Å². The highest BCUT2D eigenvalue weighted by atomic mass is 16.4. The molecule has 0 aromatic carbocycles. The van der Waals surface area contributed by atoms with Gasteiger partial charge in [0.25, 0.3) is 0 Å². The molecular weight excluding hydrogens is 430 g/mol. The molecule has 6 N–H and O–H groups in total. The topological polar surface area (TPSA) is 124 Å². The molecule has 0 aliphatic heterocycles. The molecule has 0 aliphatic carbocycles. The zero-order chi connectivity index (χ0) is 25.9. The third-order valence-electron chi connectivity index (χ3n) is 5.12. The number of hydrogen-bond donors (Lipinski definition) is 5. The molecular formula is C28H49NO5. The molecule has 0 saturated heterocycles. The molecule has 34 heavy (non-hydrogen) atoms. The quantitative estimate of drug-likeness (QED) is 0.130. The van der Waals surface area contributed by atoms with Crippen molar-refractivity contribution in [3.63, 3.8) is 0 Å². The molecule has 196 valence electrons. The lowest BCUT2D eigenvalue weighted by molar-refractivity contribution is -0.142. The predicted octanol–water partition coefficient (Wildman–Crippen LogP) is 5.07. The van der Waals surface area contributed by atoms with Gasteiger partial charge >= 0.3 is 5.97 Å². The van der Waals surface area contributed by atoms with Crippen LogP contribution in [0.15, 0.2) is 60.8 Å². The summed E-state index contributed by atoms with van der Waals surface area (Å²) in [5.41, 5.74) is 3.94. The van der Waals surface area contributed by atoms with E-state index < -0.39 is 31.3 Å². The Hall–Kier alpha value is -1.99. The number of hydrogen-bond acceptors (Lipinski definition) is 5. The van der Waals surface area contributed by atoms with Crippen LogP contribution in [0.5, 0.6) is 0 Å². The van der Waals surface area contributed by atoms with E-state index in [2.05, 4.69) is 67.7 Å². The smallest absolute Gasteiger partial charge is 0.306 e. The van der Waals surface area contributed by atoms with Gasteiger partial charge in [0.1, 0.15) is 0 Å². The molecule has 0 amide bonds. The Kier molecular flexibility index (Phi) is 25.8. The van der Waals surface area contributed by atoms with Crippen molar-refractivity contribution in [2.75, 3.05) is 19.8 Å². The van der Waals surface area contributed by atoms with Gasteiger partial charge in [-0.25, -0.2) is 0 Å². The number of aliphatic hydroxyl groups excluding tert-OH is 3.